The van der Waals surface area contributed by atoms with Gasteiger partial charge in [0.2, 0.25) is 0 Å². The summed E-state index contributed by atoms with van der Waals surface area (Å²) in [5.41, 5.74) is 2.07. The van der Waals surface area contributed by atoms with Gasteiger partial charge in [0.05, 0.1) is 12.7 Å². The molecule has 3 rings (SSSR count). The Morgan fingerprint density at radius 2 is 2.11 bits per heavy atom. The van der Waals surface area contributed by atoms with Crippen LogP contribution < -0.4 is 0 Å². The van der Waals surface area contributed by atoms with Gasteiger partial charge < -0.3 is 18.6 Å². The Labute approximate surface area is 165 Å². The highest BCUT2D eigenvalue weighted by Gasteiger charge is 2.54. The molecule has 150 valence electrons. The Morgan fingerprint density at radius 1 is 1.33 bits per heavy atom. The predicted molar refractivity (Wildman–Crippen MR) is 110 cm³/mol. The monoisotopic (exact) mass is 390 g/mol. The van der Waals surface area contributed by atoms with Crippen molar-refractivity contribution in [1.29, 1.82) is 0 Å². The summed E-state index contributed by atoms with van der Waals surface area (Å²) in [6.45, 7) is 14.7. The van der Waals surface area contributed by atoms with Gasteiger partial charge in [-0.3, -0.25) is 0 Å². The van der Waals surface area contributed by atoms with Crippen LogP contribution >= 0.6 is 0 Å². The van der Waals surface area contributed by atoms with Gasteiger partial charge in [0, 0.05) is 12.2 Å². The maximum atomic E-state index is 6.51. The number of allylic oxidation sites excluding steroid dienone is 1. The molecule has 3 aliphatic rings. The topological polar surface area (TPSA) is 40.2 Å². The van der Waals surface area contributed by atoms with E-state index < -0.39 is 8.32 Å². The quantitative estimate of drug-likeness (QED) is 0.391. The molecule has 0 spiro atoms. The molecule has 0 radical (unpaired) electrons. The Bertz CT molecular complexity index is 656. The fourth-order valence-electron chi connectivity index (χ4n) is 3.07. The average Bonchev–Trinajstić information content (AvgIpc) is 3.32. The van der Waals surface area contributed by atoms with Gasteiger partial charge in [-0.05, 0) is 62.0 Å². The van der Waals surface area contributed by atoms with Crippen molar-refractivity contribution in [1.82, 2.24) is 0 Å². The molecule has 1 aliphatic carbocycles. The summed E-state index contributed by atoms with van der Waals surface area (Å²) >= 11 is 0. The molecule has 2 aliphatic heterocycles. The lowest BCUT2D eigenvalue weighted by Crippen LogP contribution is -2.44. The van der Waals surface area contributed by atoms with Gasteiger partial charge in [-0.25, -0.2) is 0 Å². The van der Waals surface area contributed by atoms with Crippen molar-refractivity contribution >= 4 is 8.32 Å². The van der Waals surface area contributed by atoms with E-state index >= 15 is 0 Å². The average molecular weight is 391 g/mol. The van der Waals surface area contributed by atoms with E-state index in [0.29, 0.717) is 6.61 Å². The molecule has 2 fully saturated rings. The van der Waals surface area contributed by atoms with Crippen LogP contribution in [0.5, 0.6) is 0 Å². The number of ether oxygens (including phenoxy) is 3. The summed E-state index contributed by atoms with van der Waals surface area (Å²) in [5.74, 6) is 6.51. The van der Waals surface area contributed by atoms with Gasteiger partial charge in [-0.15, -0.1) is 0 Å². The Kier molecular flexibility index (Phi) is 6.34. The molecule has 0 aromatic carbocycles. The first-order valence-electron chi connectivity index (χ1n) is 10.1. The van der Waals surface area contributed by atoms with Gasteiger partial charge >= 0.3 is 0 Å². The van der Waals surface area contributed by atoms with Crippen LogP contribution in [0.4, 0.5) is 0 Å². The minimum atomic E-state index is -1.81. The fraction of sp³-hybridized carbons (Fsp3) is 0.727. The molecular weight excluding hydrogens is 356 g/mol. The number of epoxide rings is 1. The SMILES string of the molecule is C/C(C#CC1=C[C@@H](O[Si](C)(C)C(C)(C)C)[C@H]2O[C@H]12)=C/COC1CCCCO1. The molecule has 0 saturated carbocycles. The van der Waals surface area contributed by atoms with E-state index in [-0.39, 0.29) is 29.6 Å². The molecule has 5 heteroatoms. The summed E-state index contributed by atoms with van der Waals surface area (Å²) in [6, 6.07) is 0. The molecule has 2 saturated heterocycles. The lowest BCUT2D eigenvalue weighted by Gasteiger charge is -2.38. The smallest absolute Gasteiger partial charge is 0.193 e. The van der Waals surface area contributed by atoms with Crippen molar-refractivity contribution in [3.05, 3.63) is 23.3 Å². The van der Waals surface area contributed by atoms with E-state index in [2.05, 4.69) is 51.8 Å². The van der Waals surface area contributed by atoms with Crippen LogP contribution in [-0.2, 0) is 18.6 Å². The van der Waals surface area contributed by atoms with Crippen molar-refractivity contribution in [2.45, 2.75) is 89.7 Å². The summed E-state index contributed by atoms with van der Waals surface area (Å²) in [4.78, 5) is 0. The third kappa shape index (κ3) is 5.33. The molecule has 0 N–H and O–H groups in total. The highest BCUT2D eigenvalue weighted by atomic mass is 28.4. The second-order valence-corrected chi connectivity index (χ2v) is 14.0. The predicted octanol–water partition coefficient (Wildman–Crippen LogP) is 4.58. The first-order chi connectivity index (χ1) is 12.7. The fourth-order valence-corrected chi connectivity index (χ4v) is 4.30. The minimum absolute atomic E-state index is 0.0521. The van der Waals surface area contributed by atoms with E-state index in [1.54, 1.807) is 0 Å². The Hall–Kier alpha value is -0.903. The number of hydrogen-bond donors (Lipinski definition) is 0. The van der Waals surface area contributed by atoms with Crippen molar-refractivity contribution in [3.8, 4) is 11.8 Å². The largest absolute Gasteiger partial charge is 0.408 e. The Morgan fingerprint density at radius 3 is 2.78 bits per heavy atom. The first-order valence-corrected chi connectivity index (χ1v) is 13.1. The molecular formula is C22H34O4Si. The highest BCUT2D eigenvalue weighted by molar-refractivity contribution is 6.74. The van der Waals surface area contributed by atoms with Crippen LogP contribution in [-0.4, -0.2) is 46.1 Å². The number of rotatable bonds is 5. The van der Waals surface area contributed by atoms with Crippen LogP contribution in [0.15, 0.2) is 23.3 Å². The second-order valence-electron chi connectivity index (χ2n) is 9.25. The molecule has 0 bridgehead atoms. The van der Waals surface area contributed by atoms with Crippen molar-refractivity contribution in [2.24, 2.45) is 0 Å². The lowest BCUT2D eigenvalue weighted by molar-refractivity contribution is -0.155. The minimum Gasteiger partial charge on any atom is -0.408 e. The number of hydrogen-bond acceptors (Lipinski definition) is 4. The maximum absolute atomic E-state index is 6.51. The third-order valence-electron chi connectivity index (χ3n) is 5.95. The molecule has 1 unspecified atom stereocenters. The summed E-state index contributed by atoms with van der Waals surface area (Å²) in [6.07, 6.45) is 7.80. The van der Waals surface area contributed by atoms with Crippen LogP contribution in [0.1, 0.15) is 47.0 Å². The zero-order valence-corrected chi connectivity index (χ0v) is 18.6. The van der Waals surface area contributed by atoms with Gasteiger partial charge in [-0.1, -0.05) is 32.6 Å². The van der Waals surface area contributed by atoms with Crippen LogP contribution in [0.2, 0.25) is 18.1 Å². The summed E-state index contributed by atoms with van der Waals surface area (Å²) < 4.78 is 23.6. The van der Waals surface area contributed by atoms with Gasteiger partial charge in [0.25, 0.3) is 0 Å². The normalized spacial score (nSPS) is 31.0. The van der Waals surface area contributed by atoms with E-state index in [1.807, 2.05) is 13.0 Å². The second kappa shape index (κ2) is 8.22. The van der Waals surface area contributed by atoms with E-state index in [4.69, 9.17) is 18.6 Å². The zero-order chi connectivity index (χ0) is 19.7. The van der Waals surface area contributed by atoms with Crippen molar-refractivity contribution < 1.29 is 18.6 Å². The van der Waals surface area contributed by atoms with E-state index in [9.17, 15) is 0 Å². The highest BCUT2D eigenvalue weighted by Crippen LogP contribution is 2.44. The van der Waals surface area contributed by atoms with Gasteiger partial charge in [-0.2, -0.15) is 0 Å². The van der Waals surface area contributed by atoms with Gasteiger partial charge in [0.15, 0.2) is 14.6 Å². The van der Waals surface area contributed by atoms with Crippen LogP contribution in [0.3, 0.4) is 0 Å². The van der Waals surface area contributed by atoms with Crippen LogP contribution in [0, 0.1) is 11.8 Å². The van der Waals surface area contributed by atoms with E-state index in [0.717, 1.165) is 30.6 Å². The van der Waals surface area contributed by atoms with E-state index in [1.165, 1.54) is 6.42 Å². The standard InChI is InChI=1S/C22H34O4Si/c1-16(12-14-24-19-9-7-8-13-23-19)10-11-17-15-18(21-20(17)25-21)26-27(5,6)22(2,3)4/h12,15,18-21H,7-9,13-14H2,1-6H3/b16-12-/t18-,19?,20-,21-/m1/s1. The van der Waals surface area contributed by atoms with Crippen LogP contribution in [0.25, 0.3) is 0 Å². The molecule has 0 aromatic heterocycles. The zero-order valence-electron chi connectivity index (χ0n) is 17.6. The lowest BCUT2D eigenvalue weighted by atomic mass is 10.2. The molecule has 4 nitrogen and oxygen atoms in total. The van der Waals surface area contributed by atoms with Gasteiger partial charge in [0.1, 0.15) is 12.2 Å². The first kappa shape index (κ1) is 20.8. The van der Waals surface area contributed by atoms with Crippen molar-refractivity contribution in [2.75, 3.05) is 13.2 Å². The third-order valence-corrected chi connectivity index (χ3v) is 10.4. The molecule has 27 heavy (non-hydrogen) atoms. The molecule has 0 aromatic rings. The molecule has 4 atom stereocenters. The maximum Gasteiger partial charge on any atom is 0.193 e. The Balaban J connectivity index is 1.53. The summed E-state index contributed by atoms with van der Waals surface area (Å²) in [5, 5.41) is 0.195. The number of fused-ring (bicyclic) bond motifs is 1. The molecule has 2 heterocycles. The summed E-state index contributed by atoms with van der Waals surface area (Å²) in [7, 11) is -1.81. The van der Waals surface area contributed by atoms with Crippen molar-refractivity contribution in [3.63, 3.8) is 0 Å². The molecule has 0 amide bonds.